The van der Waals surface area contributed by atoms with Crippen molar-refractivity contribution in [2.24, 2.45) is 0 Å². The fourth-order valence-corrected chi connectivity index (χ4v) is 1.32. The third-order valence-electron chi connectivity index (χ3n) is 1.70. The largest absolute Gasteiger partial charge is 0.327 e. The standard InChI is InChI=1S/C9H13ClN4O/c1-13(2)6-14(3)9(15)7-8(10)12-5-4-11-7/h4-5H,6H2,1-3H3. The van der Waals surface area contributed by atoms with Gasteiger partial charge in [-0.25, -0.2) is 9.97 Å². The van der Waals surface area contributed by atoms with Crippen molar-refractivity contribution in [3.8, 4) is 0 Å². The Morgan fingerprint density at radius 3 is 2.47 bits per heavy atom. The summed E-state index contributed by atoms with van der Waals surface area (Å²) in [5.41, 5.74) is 0.184. The van der Waals surface area contributed by atoms with E-state index in [0.29, 0.717) is 6.67 Å². The quantitative estimate of drug-likeness (QED) is 0.716. The fourth-order valence-electron chi connectivity index (χ4n) is 1.13. The second kappa shape index (κ2) is 5.04. The molecule has 0 bridgehead atoms. The molecule has 0 atom stereocenters. The van der Waals surface area contributed by atoms with Gasteiger partial charge >= 0.3 is 0 Å². The Morgan fingerprint density at radius 2 is 1.93 bits per heavy atom. The number of halogens is 1. The highest BCUT2D eigenvalue weighted by molar-refractivity contribution is 6.32. The van der Waals surface area contributed by atoms with Crippen LogP contribution in [-0.4, -0.2) is 53.5 Å². The first-order valence-corrected chi connectivity index (χ1v) is 4.77. The molecular weight excluding hydrogens is 216 g/mol. The van der Waals surface area contributed by atoms with E-state index in [9.17, 15) is 4.79 Å². The van der Waals surface area contributed by atoms with Gasteiger partial charge in [-0.15, -0.1) is 0 Å². The van der Waals surface area contributed by atoms with Gasteiger partial charge in [-0.2, -0.15) is 0 Å². The molecule has 0 aliphatic heterocycles. The van der Waals surface area contributed by atoms with Crippen LogP contribution in [0.2, 0.25) is 5.15 Å². The molecule has 0 aromatic carbocycles. The Hall–Kier alpha value is -1.20. The molecule has 0 radical (unpaired) electrons. The SMILES string of the molecule is CN(C)CN(C)C(=O)c1nccnc1Cl. The molecule has 0 spiro atoms. The van der Waals surface area contributed by atoms with Crippen molar-refractivity contribution in [2.45, 2.75) is 0 Å². The number of aromatic nitrogens is 2. The highest BCUT2D eigenvalue weighted by Crippen LogP contribution is 2.10. The summed E-state index contributed by atoms with van der Waals surface area (Å²) in [6, 6.07) is 0. The number of carbonyl (C=O) groups is 1. The molecule has 5 nitrogen and oxygen atoms in total. The molecule has 0 unspecified atom stereocenters. The van der Waals surface area contributed by atoms with Gasteiger partial charge in [0.15, 0.2) is 10.8 Å². The number of hydrogen-bond acceptors (Lipinski definition) is 4. The Kier molecular flexibility index (Phi) is 3.99. The first-order valence-electron chi connectivity index (χ1n) is 4.39. The minimum Gasteiger partial charge on any atom is -0.327 e. The fraction of sp³-hybridized carbons (Fsp3) is 0.444. The zero-order valence-corrected chi connectivity index (χ0v) is 9.69. The van der Waals surface area contributed by atoms with Gasteiger partial charge < -0.3 is 4.90 Å². The summed E-state index contributed by atoms with van der Waals surface area (Å²) in [5, 5.41) is 0.133. The molecule has 1 rings (SSSR count). The highest BCUT2D eigenvalue weighted by Gasteiger charge is 2.17. The lowest BCUT2D eigenvalue weighted by atomic mass is 10.4. The summed E-state index contributed by atoms with van der Waals surface area (Å²) >= 11 is 5.77. The third-order valence-corrected chi connectivity index (χ3v) is 1.97. The molecular formula is C9H13ClN4O. The average Bonchev–Trinajstić information content (AvgIpc) is 2.16. The zero-order chi connectivity index (χ0) is 11.4. The predicted octanol–water partition coefficient (Wildman–Crippen LogP) is 0.721. The van der Waals surface area contributed by atoms with Crippen molar-refractivity contribution in [3.05, 3.63) is 23.2 Å². The molecule has 0 saturated carbocycles. The number of amides is 1. The van der Waals surface area contributed by atoms with E-state index in [2.05, 4.69) is 9.97 Å². The minimum atomic E-state index is -0.234. The van der Waals surface area contributed by atoms with Crippen LogP contribution in [0.25, 0.3) is 0 Å². The van der Waals surface area contributed by atoms with Gasteiger partial charge in [0.2, 0.25) is 0 Å². The number of hydrogen-bond donors (Lipinski definition) is 0. The lowest BCUT2D eigenvalue weighted by molar-refractivity contribution is 0.0723. The van der Waals surface area contributed by atoms with Crippen molar-refractivity contribution in [3.63, 3.8) is 0 Å². The van der Waals surface area contributed by atoms with E-state index < -0.39 is 0 Å². The molecule has 15 heavy (non-hydrogen) atoms. The predicted molar refractivity (Wildman–Crippen MR) is 57.7 cm³/mol. The number of carbonyl (C=O) groups excluding carboxylic acids is 1. The van der Waals surface area contributed by atoms with Gasteiger partial charge in [0.05, 0.1) is 6.67 Å². The molecule has 1 aromatic heterocycles. The van der Waals surface area contributed by atoms with Crippen LogP contribution < -0.4 is 0 Å². The molecule has 0 saturated heterocycles. The molecule has 0 aliphatic carbocycles. The third kappa shape index (κ3) is 3.14. The summed E-state index contributed by atoms with van der Waals surface area (Å²) < 4.78 is 0. The summed E-state index contributed by atoms with van der Waals surface area (Å²) in [6.07, 6.45) is 2.90. The van der Waals surface area contributed by atoms with Gasteiger partial charge in [-0.1, -0.05) is 11.6 Å². The Bertz CT molecular complexity index is 356. The van der Waals surface area contributed by atoms with Crippen LogP contribution in [0, 0.1) is 0 Å². The average molecular weight is 229 g/mol. The maximum absolute atomic E-state index is 11.8. The van der Waals surface area contributed by atoms with Crippen molar-refractivity contribution in [1.82, 2.24) is 19.8 Å². The molecule has 0 aliphatic rings. The summed E-state index contributed by atoms with van der Waals surface area (Å²) in [6.45, 7) is 0.506. The molecule has 1 heterocycles. The maximum atomic E-state index is 11.8. The van der Waals surface area contributed by atoms with Gasteiger partial charge in [0.25, 0.3) is 5.91 Å². The van der Waals surface area contributed by atoms with E-state index in [1.165, 1.54) is 17.3 Å². The van der Waals surface area contributed by atoms with Crippen molar-refractivity contribution < 1.29 is 4.79 Å². The smallest absolute Gasteiger partial charge is 0.276 e. The zero-order valence-electron chi connectivity index (χ0n) is 8.94. The second-order valence-corrected chi connectivity index (χ2v) is 3.78. The summed E-state index contributed by atoms with van der Waals surface area (Å²) in [4.78, 5) is 22.9. The van der Waals surface area contributed by atoms with E-state index in [-0.39, 0.29) is 16.8 Å². The Balaban J connectivity index is 2.81. The van der Waals surface area contributed by atoms with Crippen LogP contribution in [0.4, 0.5) is 0 Å². The van der Waals surface area contributed by atoms with E-state index in [0.717, 1.165) is 0 Å². The monoisotopic (exact) mass is 228 g/mol. The van der Waals surface area contributed by atoms with Gasteiger partial charge in [-0.05, 0) is 14.1 Å². The van der Waals surface area contributed by atoms with Crippen LogP contribution in [0.3, 0.4) is 0 Å². The first kappa shape index (κ1) is 11.9. The van der Waals surface area contributed by atoms with E-state index in [1.807, 2.05) is 19.0 Å². The maximum Gasteiger partial charge on any atom is 0.276 e. The van der Waals surface area contributed by atoms with E-state index in [1.54, 1.807) is 7.05 Å². The van der Waals surface area contributed by atoms with Gasteiger partial charge in [0.1, 0.15) is 0 Å². The second-order valence-electron chi connectivity index (χ2n) is 3.42. The number of rotatable bonds is 3. The van der Waals surface area contributed by atoms with E-state index in [4.69, 9.17) is 11.6 Å². The molecule has 82 valence electrons. The summed E-state index contributed by atoms with van der Waals surface area (Å²) in [7, 11) is 5.44. The van der Waals surface area contributed by atoms with Gasteiger partial charge in [-0.3, -0.25) is 9.69 Å². The molecule has 0 N–H and O–H groups in total. The van der Waals surface area contributed by atoms with Gasteiger partial charge in [0, 0.05) is 19.4 Å². The topological polar surface area (TPSA) is 49.3 Å². The summed E-state index contributed by atoms with van der Waals surface area (Å²) in [5.74, 6) is -0.234. The van der Waals surface area contributed by atoms with Crippen LogP contribution >= 0.6 is 11.6 Å². The van der Waals surface area contributed by atoms with Crippen molar-refractivity contribution >= 4 is 17.5 Å². The number of nitrogens with zero attached hydrogens (tertiary/aromatic N) is 4. The van der Waals surface area contributed by atoms with Crippen LogP contribution in [0.1, 0.15) is 10.5 Å². The minimum absolute atomic E-state index is 0.133. The van der Waals surface area contributed by atoms with Crippen LogP contribution in [0.5, 0.6) is 0 Å². The Morgan fingerprint density at radius 1 is 1.33 bits per heavy atom. The van der Waals surface area contributed by atoms with Crippen LogP contribution in [0.15, 0.2) is 12.4 Å². The molecule has 1 amide bonds. The normalized spacial score (nSPS) is 10.5. The lowest BCUT2D eigenvalue weighted by Gasteiger charge is -2.20. The van der Waals surface area contributed by atoms with Crippen LogP contribution in [-0.2, 0) is 0 Å². The molecule has 1 aromatic rings. The van der Waals surface area contributed by atoms with Crippen molar-refractivity contribution in [1.29, 1.82) is 0 Å². The van der Waals surface area contributed by atoms with E-state index >= 15 is 0 Å². The molecule has 6 heteroatoms. The Labute approximate surface area is 93.7 Å². The molecule has 0 fully saturated rings. The lowest BCUT2D eigenvalue weighted by Crippen LogP contribution is -2.35. The van der Waals surface area contributed by atoms with Crippen molar-refractivity contribution in [2.75, 3.05) is 27.8 Å². The highest BCUT2D eigenvalue weighted by atomic mass is 35.5. The first-order chi connectivity index (χ1) is 7.02.